The van der Waals surface area contributed by atoms with E-state index < -0.39 is 0 Å². The van der Waals surface area contributed by atoms with Gasteiger partial charge in [-0.05, 0) is 25.7 Å². The van der Waals surface area contributed by atoms with E-state index in [1.165, 1.54) is 12.8 Å². The minimum absolute atomic E-state index is 0.0501. The van der Waals surface area contributed by atoms with Crippen molar-refractivity contribution in [1.29, 1.82) is 0 Å². The van der Waals surface area contributed by atoms with Crippen molar-refractivity contribution in [1.82, 2.24) is 4.90 Å². The number of hydrogen-bond donors (Lipinski definition) is 1. The first kappa shape index (κ1) is 12.5. The van der Waals surface area contributed by atoms with Crippen LogP contribution in [0.25, 0.3) is 0 Å². The van der Waals surface area contributed by atoms with Gasteiger partial charge in [0.05, 0.1) is 5.92 Å². The molecular formula is C12H24N2O. The van der Waals surface area contributed by atoms with Crippen LogP contribution in [0.5, 0.6) is 0 Å². The normalized spacial score (nSPS) is 20.1. The second-order valence-corrected chi connectivity index (χ2v) is 5.26. The van der Waals surface area contributed by atoms with Gasteiger partial charge in [-0.2, -0.15) is 0 Å². The second kappa shape index (κ2) is 4.97. The molecule has 1 amide bonds. The Hall–Kier alpha value is -0.570. The van der Waals surface area contributed by atoms with Gasteiger partial charge in [-0.25, -0.2) is 0 Å². The molecule has 1 rings (SSSR count). The molecule has 0 bridgehead atoms. The molecule has 0 saturated heterocycles. The smallest absolute Gasteiger partial charge is 0.227 e. The fourth-order valence-electron chi connectivity index (χ4n) is 1.69. The van der Waals surface area contributed by atoms with Crippen LogP contribution in [-0.2, 0) is 4.79 Å². The summed E-state index contributed by atoms with van der Waals surface area (Å²) in [6.45, 7) is 9.02. The number of amides is 1. The molecule has 1 aliphatic carbocycles. The SMILES string of the molecule is CC(C)CN(C(=O)C(C)C(C)N)C1CC1. The van der Waals surface area contributed by atoms with Gasteiger partial charge >= 0.3 is 0 Å². The van der Waals surface area contributed by atoms with Crippen LogP contribution in [0, 0.1) is 11.8 Å². The summed E-state index contributed by atoms with van der Waals surface area (Å²) in [4.78, 5) is 14.2. The summed E-state index contributed by atoms with van der Waals surface area (Å²) in [5.74, 6) is 0.723. The Morgan fingerprint density at radius 1 is 1.33 bits per heavy atom. The van der Waals surface area contributed by atoms with Crippen LogP contribution in [0.2, 0.25) is 0 Å². The fraction of sp³-hybridized carbons (Fsp3) is 0.917. The van der Waals surface area contributed by atoms with E-state index in [0.29, 0.717) is 12.0 Å². The van der Waals surface area contributed by atoms with E-state index in [1.54, 1.807) is 0 Å². The van der Waals surface area contributed by atoms with Gasteiger partial charge in [-0.1, -0.05) is 20.8 Å². The zero-order valence-corrected chi connectivity index (χ0v) is 10.4. The highest BCUT2D eigenvalue weighted by Crippen LogP contribution is 2.29. The third kappa shape index (κ3) is 3.49. The van der Waals surface area contributed by atoms with Crippen molar-refractivity contribution in [2.75, 3.05) is 6.54 Å². The first-order valence-electron chi connectivity index (χ1n) is 5.99. The largest absolute Gasteiger partial charge is 0.339 e. The number of nitrogens with zero attached hydrogens (tertiary/aromatic N) is 1. The molecule has 2 atom stereocenters. The van der Waals surface area contributed by atoms with Gasteiger partial charge in [0.25, 0.3) is 0 Å². The van der Waals surface area contributed by atoms with Crippen LogP contribution in [0.4, 0.5) is 0 Å². The Labute approximate surface area is 93.0 Å². The number of rotatable bonds is 5. The van der Waals surface area contributed by atoms with Crippen LogP contribution in [0.1, 0.15) is 40.5 Å². The van der Waals surface area contributed by atoms with Crippen molar-refractivity contribution in [3.05, 3.63) is 0 Å². The summed E-state index contributed by atoms with van der Waals surface area (Å²) in [6.07, 6.45) is 2.34. The monoisotopic (exact) mass is 212 g/mol. The number of nitrogens with two attached hydrogens (primary N) is 1. The average molecular weight is 212 g/mol. The molecule has 2 N–H and O–H groups in total. The van der Waals surface area contributed by atoms with Crippen molar-refractivity contribution >= 4 is 5.91 Å². The molecule has 0 radical (unpaired) electrons. The standard InChI is InChI=1S/C12H24N2O/c1-8(2)7-14(11-5-6-11)12(15)9(3)10(4)13/h8-11H,5-7,13H2,1-4H3. The van der Waals surface area contributed by atoms with E-state index in [4.69, 9.17) is 5.73 Å². The third-order valence-electron chi connectivity index (χ3n) is 3.01. The van der Waals surface area contributed by atoms with Gasteiger partial charge in [-0.3, -0.25) is 4.79 Å². The van der Waals surface area contributed by atoms with Crippen LogP contribution in [-0.4, -0.2) is 29.4 Å². The minimum Gasteiger partial charge on any atom is -0.339 e. The first-order chi connectivity index (χ1) is 6.93. The molecule has 1 saturated carbocycles. The Kier molecular flexibility index (Phi) is 4.14. The molecule has 88 valence electrons. The lowest BCUT2D eigenvalue weighted by atomic mass is 10.0. The second-order valence-electron chi connectivity index (χ2n) is 5.26. The zero-order chi connectivity index (χ0) is 11.6. The predicted octanol–water partition coefficient (Wildman–Crippen LogP) is 1.62. The topological polar surface area (TPSA) is 46.3 Å². The Balaban J connectivity index is 2.58. The van der Waals surface area contributed by atoms with Gasteiger partial charge in [-0.15, -0.1) is 0 Å². The first-order valence-corrected chi connectivity index (χ1v) is 5.99. The van der Waals surface area contributed by atoms with Gasteiger partial charge in [0, 0.05) is 18.6 Å². The maximum atomic E-state index is 12.1. The minimum atomic E-state index is -0.0515. The molecule has 3 heteroatoms. The van der Waals surface area contributed by atoms with Crippen molar-refractivity contribution in [2.24, 2.45) is 17.6 Å². The quantitative estimate of drug-likeness (QED) is 0.752. The molecule has 0 aliphatic heterocycles. The highest BCUT2D eigenvalue weighted by atomic mass is 16.2. The van der Waals surface area contributed by atoms with E-state index in [1.807, 2.05) is 18.7 Å². The van der Waals surface area contributed by atoms with Gasteiger partial charge < -0.3 is 10.6 Å². The molecule has 0 aromatic heterocycles. The summed E-state index contributed by atoms with van der Waals surface area (Å²) in [7, 11) is 0. The Bertz CT molecular complexity index is 222. The van der Waals surface area contributed by atoms with Gasteiger partial charge in [0.2, 0.25) is 5.91 Å². The molecular weight excluding hydrogens is 188 g/mol. The third-order valence-corrected chi connectivity index (χ3v) is 3.01. The van der Waals surface area contributed by atoms with E-state index in [2.05, 4.69) is 13.8 Å². The van der Waals surface area contributed by atoms with Crippen LogP contribution < -0.4 is 5.73 Å². The molecule has 0 heterocycles. The number of hydrogen-bond acceptors (Lipinski definition) is 2. The van der Waals surface area contributed by atoms with Crippen molar-refractivity contribution in [2.45, 2.75) is 52.6 Å². The summed E-state index contributed by atoms with van der Waals surface area (Å²) >= 11 is 0. The van der Waals surface area contributed by atoms with E-state index in [-0.39, 0.29) is 17.9 Å². The van der Waals surface area contributed by atoms with Gasteiger partial charge in [0.1, 0.15) is 0 Å². The van der Waals surface area contributed by atoms with Crippen LogP contribution in [0.3, 0.4) is 0 Å². The molecule has 3 nitrogen and oxygen atoms in total. The molecule has 2 unspecified atom stereocenters. The maximum Gasteiger partial charge on any atom is 0.227 e. The van der Waals surface area contributed by atoms with Crippen LogP contribution >= 0.6 is 0 Å². The van der Waals surface area contributed by atoms with E-state index in [9.17, 15) is 4.79 Å². The molecule has 0 aromatic rings. The van der Waals surface area contributed by atoms with Gasteiger partial charge in [0.15, 0.2) is 0 Å². The summed E-state index contributed by atoms with van der Waals surface area (Å²) in [6, 6.07) is 0.451. The fourth-order valence-corrected chi connectivity index (χ4v) is 1.69. The zero-order valence-electron chi connectivity index (χ0n) is 10.4. The van der Waals surface area contributed by atoms with Crippen molar-refractivity contribution < 1.29 is 4.79 Å². The lowest BCUT2D eigenvalue weighted by Crippen LogP contribution is -2.44. The maximum absolute atomic E-state index is 12.1. The average Bonchev–Trinajstić information content (AvgIpc) is 2.94. The van der Waals surface area contributed by atoms with E-state index in [0.717, 1.165) is 6.54 Å². The lowest BCUT2D eigenvalue weighted by Gasteiger charge is -2.28. The Morgan fingerprint density at radius 3 is 2.20 bits per heavy atom. The highest BCUT2D eigenvalue weighted by Gasteiger charge is 2.35. The predicted molar refractivity (Wildman–Crippen MR) is 62.4 cm³/mol. The molecule has 1 aliphatic rings. The lowest BCUT2D eigenvalue weighted by molar-refractivity contribution is -0.136. The highest BCUT2D eigenvalue weighted by molar-refractivity contribution is 5.79. The van der Waals surface area contributed by atoms with Crippen molar-refractivity contribution in [3.63, 3.8) is 0 Å². The Morgan fingerprint density at radius 2 is 1.87 bits per heavy atom. The summed E-state index contributed by atoms with van der Waals surface area (Å²) < 4.78 is 0. The molecule has 0 spiro atoms. The van der Waals surface area contributed by atoms with Crippen LogP contribution in [0.15, 0.2) is 0 Å². The number of carbonyl (C=O) groups is 1. The summed E-state index contributed by atoms with van der Waals surface area (Å²) in [5, 5.41) is 0. The molecule has 1 fully saturated rings. The van der Waals surface area contributed by atoms with Crippen molar-refractivity contribution in [3.8, 4) is 0 Å². The molecule has 15 heavy (non-hydrogen) atoms. The van der Waals surface area contributed by atoms with E-state index >= 15 is 0 Å². The summed E-state index contributed by atoms with van der Waals surface area (Å²) in [5.41, 5.74) is 5.78. The number of carbonyl (C=O) groups excluding carboxylic acids is 1. The molecule has 0 aromatic carbocycles.